The number of hydrogen-bond acceptors (Lipinski definition) is 4. The second-order valence-corrected chi connectivity index (χ2v) is 6.87. The van der Waals surface area contributed by atoms with E-state index in [1.807, 2.05) is 49.6 Å². The number of hydrogen-bond donors (Lipinski definition) is 1. The van der Waals surface area contributed by atoms with Crippen molar-refractivity contribution in [3.05, 3.63) is 77.6 Å². The van der Waals surface area contributed by atoms with Gasteiger partial charge in [0.15, 0.2) is 0 Å². The van der Waals surface area contributed by atoms with Crippen LogP contribution in [0.15, 0.2) is 60.9 Å². The molecule has 0 unspecified atom stereocenters. The summed E-state index contributed by atoms with van der Waals surface area (Å²) in [5.74, 6) is 6.70. The summed E-state index contributed by atoms with van der Waals surface area (Å²) in [6.07, 6.45) is 4.28. The van der Waals surface area contributed by atoms with E-state index >= 15 is 0 Å². The Kier molecular flexibility index (Phi) is 5.68. The predicted octanol–water partition coefficient (Wildman–Crippen LogP) is 3.74. The maximum Gasteiger partial charge on any atom is 0.346 e. The maximum absolute atomic E-state index is 12.9. The second kappa shape index (κ2) is 8.72. The molecular formula is C23H22N4O3. The molecule has 7 nitrogen and oxygen atoms in total. The zero-order valence-corrected chi connectivity index (χ0v) is 16.8. The molecule has 1 aliphatic rings. The number of rotatable bonds is 3. The fourth-order valence-corrected chi connectivity index (χ4v) is 3.33. The fourth-order valence-electron chi connectivity index (χ4n) is 3.33. The molecule has 3 aromatic rings. The number of amides is 2. The van der Waals surface area contributed by atoms with E-state index in [0.29, 0.717) is 18.0 Å². The number of nitrogens with one attached hydrogen (secondary N) is 1. The number of carbonyl (C=O) groups is 1. The van der Waals surface area contributed by atoms with Crippen molar-refractivity contribution in [3.63, 3.8) is 0 Å². The van der Waals surface area contributed by atoms with Crippen molar-refractivity contribution >= 4 is 11.7 Å². The predicted molar refractivity (Wildman–Crippen MR) is 113 cm³/mol. The van der Waals surface area contributed by atoms with Gasteiger partial charge in [-0.1, -0.05) is 42.2 Å². The molecule has 1 atom stereocenters. The molecule has 0 saturated carbocycles. The molecule has 4 rings (SSSR count). The highest BCUT2D eigenvalue weighted by Gasteiger charge is 2.32. The summed E-state index contributed by atoms with van der Waals surface area (Å²) in [6, 6.07) is 14.8. The number of methoxy groups -OCH3 is 1. The smallest absolute Gasteiger partial charge is 0.346 e. The minimum Gasteiger partial charge on any atom is -0.495 e. The molecule has 7 heteroatoms. The van der Waals surface area contributed by atoms with Crippen LogP contribution in [0, 0.1) is 11.8 Å². The molecule has 152 valence electrons. The van der Waals surface area contributed by atoms with Gasteiger partial charge in [0.1, 0.15) is 5.75 Å². The van der Waals surface area contributed by atoms with Crippen LogP contribution in [0.4, 0.5) is 10.5 Å². The van der Waals surface area contributed by atoms with Crippen LogP contribution in [0.5, 0.6) is 5.75 Å². The first-order chi connectivity index (χ1) is 14.6. The molecule has 1 aromatic heterocycles. The first-order valence-corrected chi connectivity index (χ1v) is 9.61. The van der Waals surface area contributed by atoms with Crippen LogP contribution in [-0.2, 0) is 11.9 Å². The zero-order valence-electron chi connectivity index (χ0n) is 16.8. The Morgan fingerprint density at radius 3 is 2.73 bits per heavy atom. The molecule has 2 amide bonds. The lowest BCUT2D eigenvalue weighted by atomic mass is 10.1. The molecule has 0 bridgehead atoms. The molecule has 30 heavy (non-hydrogen) atoms. The number of urea groups is 1. The van der Waals surface area contributed by atoms with Crippen molar-refractivity contribution in [2.45, 2.75) is 12.5 Å². The molecule has 2 heterocycles. The van der Waals surface area contributed by atoms with Crippen LogP contribution >= 0.6 is 0 Å². The van der Waals surface area contributed by atoms with Gasteiger partial charge in [-0.05, 0) is 23.8 Å². The molecular weight excluding hydrogens is 380 g/mol. The van der Waals surface area contributed by atoms with Gasteiger partial charge in [-0.15, -0.1) is 0 Å². The van der Waals surface area contributed by atoms with Crippen molar-refractivity contribution in [1.82, 2.24) is 14.8 Å². The molecule has 1 saturated heterocycles. The lowest BCUT2D eigenvalue weighted by Gasteiger charge is -2.23. The van der Waals surface area contributed by atoms with Gasteiger partial charge in [-0.3, -0.25) is 9.52 Å². The average Bonchev–Trinajstić information content (AvgIpc) is 3.42. The van der Waals surface area contributed by atoms with E-state index in [0.717, 1.165) is 23.1 Å². The van der Waals surface area contributed by atoms with Crippen LogP contribution < -0.4 is 10.1 Å². The van der Waals surface area contributed by atoms with E-state index in [1.54, 1.807) is 30.1 Å². The van der Waals surface area contributed by atoms with Gasteiger partial charge in [0.25, 0.3) is 0 Å². The minimum absolute atomic E-state index is 0.134. The second-order valence-electron chi connectivity index (χ2n) is 6.87. The number of ether oxygens (including phenoxy) is 1. The summed E-state index contributed by atoms with van der Waals surface area (Å²) >= 11 is 0. The summed E-state index contributed by atoms with van der Waals surface area (Å²) in [5.41, 5.74) is 3.13. The minimum atomic E-state index is -0.350. The Bertz CT molecular complexity index is 1100. The maximum atomic E-state index is 12.9. The zero-order chi connectivity index (χ0) is 20.9. The van der Waals surface area contributed by atoms with E-state index in [1.165, 1.54) is 5.06 Å². The Hall–Kier alpha value is -3.76. The molecule has 2 aromatic carbocycles. The highest BCUT2D eigenvalue weighted by atomic mass is 16.7. The van der Waals surface area contributed by atoms with Gasteiger partial charge in [0.2, 0.25) is 0 Å². The van der Waals surface area contributed by atoms with E-state index in [-0.39, 0.29) is 12.1 Å². The monoisotopic (exact) mass is 402 g/mol. The van der Waals surface area contributed by atoms with Crippen molar-refractivity contribution in [2.75, 3.05) is 19.0 Å². The largest absolute Gasteiger partial charge is 0.495 e. The van der Waals surface area contributed by atoms with Gasteiger partial charge in [-0.25, -0.2) is 4.79 Å². The van der Waals surface area contributed by atoms with E-state index in [9.17, 15) is 4.79 Å². The van der Waals surface area contributed by atoms with E-state index < -0.39 is 0 Å². The summed E-state index contributed by atoms with van der Waals surface area (Å²) in [5, 5.41) is 8.40. The Labute approximate surface area is 175 Å². The Morgan fingerprint density at radius 2 is 2.00 bits per heavy atom. The highest BCUT2D eigenvalue weighted by Crippen LogP contribution is 2.32. The van der Waals surface area contributed by atoms with Crippen LogP contribution in [0.25, 0.3) is 0 Å². The third-order valence-electron chi connectivity index (χ3n) is 4.79. The van der Waals surface area contributed by atoms with Crippen molar-refractivity contribution < 1.29 is 14.4 Å². The molecule has 0 radical (unpaired) electrons. The molecule has 1 N–H and O–H groups in total. The van der Waals surface area contributed by atoms with E-state index in [4.69, 9.17) is 9.57 Å². The number of anilines is 1. The SMILES string of the molecule is COc1ccc(C#Cc2cnn(C)c2)cc1NC(=O)N1OCC[C@H]1c1ccccc1. The number of nitrogens with zero attached hydrogens (tertiary/aromatic N) is 3. The van der Waals surface area contributed by atoms with Crippen LogP contribution in [0.1, 0.15) is 29.2 Å². The van der Waals surface area contributed by atoms with E-state index in [2.05, 4.69) is 22.3 Å². The summed E-state index contributed by atoms with van der Waals surface area (Å²) < 4.78 is 7.10. The van der Waals surface area contributed by atoms with Gasteiger partial charge < -0.3 is 10.1 Å². The lowest BCUT2D eigenvalue weighted by molar-refractivity contribution is -0.0829. The van der Waals surface area contributed by atoms with Crippen molar-refractivity contribution in [3.8, 4) is 17.6 Å². The number of aromatic nitrogens is 2. The van der Waals surface area contributed by atoms with Crippen molar-refractivity contribution in [1.29, 1.82) is 0 Å². The van der Waals surface area contributed by atoms with Crippen molar-refractivity contribution in [2.24, 2.45) is 7.05 Å². The number of hydroxylamine groups is 2. The first-order valence-electron chi connectivity index (χ1n) is 9.61. The topological polar surface area (TPSA) is 68.6 Å². The number of aryl methyl sites for hydroxylation is 1. The third-order valence-corrected chi connectivity index (χ3v) is 4.79. The highest BCUT2D eigenvalue weighted by molar-refractivity contribution is 5.91. The summed E-state index contributed by atoms with van der Waals surface area (Å²) in [6.45, 7) is 0.487. The Balaban J connectivity index is 1.54. The standard InChI is InChI=1S/C23H22N4O3/c1-26-16-18(15-24-26)9-8-17-10-11-22(29-2)20(14-17)25-23(28)27-21(12-13-30-27)19-6-4-3-5-7-19/h3-7,10-11,14-16,21H,12-13H2,1-2H3,(H,25,28)/t21-/m0/s1. The first kappa shape index (κ1) is 19.6. The molecule has 0 aliphatic carbocycles. The number of benzene rings is 2. The number of carbonyl (C=O) groups excluding carboxylic acids is 1. The molecule has 1 aliphatic heterocycles. The fraction of sp³-hybridized carbons (Fsp3) is 0.217. The molecule has 0 spiro atoms. The average molecular weight is 402 g/mol. The quantitative estimate of drug-likeness (QED) is 0.678. The lowest BCUT2D eigenvalue weighted by Crippen LogP contribution is -2.33. The van der Waals surface area contributed by atoms with Crippen LogP contribution in [-0.4, -0.2) is 34.6 Å². The summed E-state index contributed by atoms with van der Waals surface area (Å²) in [4.78, 5) is 18.6. The van der Waals surface area contributed by atoms with Gasteiger partial charge in [-0.2, -0.15) is 10.2 Å². The van der Waals surface area contributed by atoms with Crippen LogP contribution in [0.3, 0.4) is 0 Å². The Morgan fingerprint density at radius 1 is 1.20 bits per heavy atom. The summed E-state index contributed by atoms with van der Waals surface area (Å²) in [7, 11) is 3.40. The van der Waals surface area contributed by atoms with Gasteiger partial charge >= 0.3 is 6.03 Å². The van der Waals surface area contributed by atoms with Gasteiger partial charge in [0.05, 0.1) is 37.2 Å². The normalized spacial score (nSPS) is 15.4. The molecule has 1 fully saturated rings. The third kappa shape index (κ3) is 4.29. The van der Waals surface area contributed by atoms with Gasteiger partial charge in [0, 0.05) is 25.2 Å². The van der Waals surface area contributed by atoms with Crippen LogP contribution in [0.2, 0.25) is 0 Å².